The van der Waals surface area contributed by atoms with Gasteiger partial charge in [0.2, 0.25) is 0 Å². The number of nitrogens with zero attached hydrogens (tertiary/aromatic N) is 1. The second-order valence-corrected chi connectivity index (χ2v) is 5.01. The van der Waals surface area contributed by atoms with Crippen molar-refractivity contribution in [1.29, 1.82) is 0 Å². The largest absolute Gasteiger partial charge is 0.480 e. The van der Waals surface area contributed by atoms with E-state index in [2.05, 4.69) is 26.2 Å². The summed E-state index contributed by atoms with van der Waals surface area (Å²) in [4.78, 5) is 15.1. The summed E-state index contributed by atoms with van der Waals surface area (Å²) < 4.78 is 0.741. The molecule has 6 heteroatoms. The van der Waals surface area contributed by atoms with Crippen LogP contribution in [0.4, 0.5) is 5.13 Å². The number of nitrogens with one attached hydrogen (secondary N) is 1. The van der Waals surface area contributed by atoms with Crippen molar-refractivity contribution in [1.82, 2.24) is 4.98 Å². The van der Waals surface area contributed by atoms with Crippen LogP contribution in [0.3, 0.4) is 0 Å². The van der Waals surface area contributed by atoms with Gasteiger partial charge in [-0.25, -0.2) is 9.78 Å². The fourth-order valence-corrected chi connectivity index (χ4v) is 2.68. The summed E-state index contributed by atoms with van der Waals surface area (Å²) >= 11 is 4.64. The summed E-state index contributed by atoms with van der Waals surface area (Å²) in [6.07, 6.45) is 2.32. The minimum atomic E-state index is -0.782. The van der Waals surface area contributed by atoms with Crippen LogP contribution in [0.1, 0.15) is 19.3 Å². The van der Waals surface area contributed by atoms with Crippen LogP contribution >= 0.6 is 27.3 Å². The van der Waals surface area contributed by atoms with Crippen molar-refractivity contribution >= 4 is 38.4 Å². The van der Waals surface area contributed by atoms with Crippen molar-refractivity contribution in [3.63, 3.8) is 0 Å². The first-order chi connectivity index (χ1) is 6.62. The molecular weight excluding hydrogens is 268 g/mol. The lowest BCUT2D eigenvalue weighted by molar-refractivity contribution is -0.145. The molecule has 14 heavy (non-hydrogen) atoms. The smallest absolute Gasteiger partial charge is 0.329 e. The normalized spacial score (nSPS) is 18.6. The number of carbonyl (C=O) groups is 1. The van der Waals surface area contributed by atoms with Crippen molar-refractivity contribution in [3.05, 3.63) is 9.98 Å². The Morgan fingerprint density at radius 3 is 2.79 bits per heavy atom. The van der Waals surface area contributed by atoms with E-state index >= 15 is 0 Å². The van der Waals surface area contributed by atoms with Crippen LogP contribution in [0.2, 0.25) is 0 Å². The highest BCUT2D eigenvalue weighted by Crippen LogP contribution is 2.36. The maximum Gasteiger partial charge on any atom is 0.329 e. The average molecular weight is 277 g/mol. The van der Waals surface area contributed by atoms with Crippen LogP contribution < -0.4 is 5.32 Å². The fraction of sp³-hybridized carbons (Fsp3) is 0.500. The maximum absolute atomic E-state index is 11.0. The molecule has 4 nitrogen and oxygen atoms in total. The second kappa shape index (κ2) is 3.51. The summed E-state index contributed by atoms with van der Waals surface area (Å²) in [6.45, 7) is 0. The minimum Gasteiger partial charge on any atom is -0.480 e. The molecule has 0 spiro atoms. The molecule has 1 aromatic heterocycles. The number of carboxylic acids is 1. The van der Waals surface area contributed by atoms with Crippen LogP contribution in [-0.2, 0) is 4.79 Å². The Kier molecular flexibility index (Phi) is 2.48. The Morgan fingerprint density at radius 1 is 1.71 bits per heavy atom. The Labute approximate surface area is 93.5 Å². The van der Waals surface area contributed by atoms with Crippen molar-refractivity contribution < 1.29 is 9.90 Å². The molecule has 0 saturated heterocycles. The monoisotopic (exact) mass is 276 g/mol. The lowest BCUT2D eigenvalue weighted by atomic mass is 9.77. The third-order valence-electron chi connectivity index (χ3n) is 2.44. The van der Waals surface area contributed by atoms with Crippen LogP contribution in [-0.4, -0.2) is 21.6 Å². The zero-order valence-electron chi connectivity index (χ0n) is 7.29. The molecule has 0 unspecified atom stereocenters. The zero-order chi connectivity index (χ0) is 10.2. The van der Waals surface area contributed by atoms with Crippen LogP contribution in [0.5, 0.6) is 0 Å². The summed E-state index contributed by atoms with van der Waals surface area (Å²) in [5, 5.41) is 14.5. The van der Waals surface area contributed by atoms with Gasteiger partial charge in [0, 0.05) is 5.38 Å². The number of aromatic nitrogens is 1. The van der Waals surface area contributed by atoms with Gasteiger partial charge >= 0.3 is 5.97 Å². The molecule has 1 aliphatic rings. The summed E-state index contributed by atoms with van der Waals surface area (Å²) in [6, 6.07) is 0. The van der Waals surface area contributed by atoms with Crippen LogP contribution in [0.25, 0.3) is 0 Å². The first-order valence-electron chi connectivity index (χ1n) is 4.25. The van der Waals surface area contributed by atoms with Crippen molar-refractivity contribution in [2.24, 2.45) is 0 Å². The maximum atomic E-state index is 11.0. The predicted molar refractivity (Wildman–Crippen MR) is 57.7 cm³/mol. The molecule has 76 valence electrons. The summed E-state index contributed by atoms with van der Waals surface area (Å²) in [5.74, 6) is -0.782. The Balaban J connectivity index is 2.12. The van der Waals surface area contributed by atoms with E-state index in [9.17, 15) is 4.79 Å². The molecule has 1 fully saturated rings. The molecule has 1 aromatic rings. The van der Waals surface area contributed by atoms with E-state index in [0.29, 0.717) is 18.0 Å². The van der Waals surface area contributed by atoms with Gasteiger partial charge in [-0.05, 0) is 35.2 Å². The van der Waals surface area contributed by atoms with E-state index in [1.54, 1.807) is 0 Å². The number of halogens is 1. The second-order valence-electron chi connectivity index (χ2n) is 3.34. The van der Waals surface area contributed by atoms with Gasteiger partial charge in [-0.2, -0.15) is 0 Å². The summed E-state index contributed by atoms with van der Waals surface area (Å²) in [7, 11) is 0. The minimum absolute atomic E-state index is 0.666. The van der Waals surface area contributed by atoms with E-state index in [-0.39, 0.29) is 0 Å². The van der Waals surface area contributed by atoms with Gasteiger partial charge in [0.15, 0.2) is 5.13 Å². The molecule has 2 N–H and O–H groups in total. The van der Waals surface area contributed by atoms with Crippen molar-refractivity contribution in [2.75, 3.05) is 5.32 Å². The van der Waals surface area contributed by atoms with Gasteiger partial charge in [-0.1, -0.05) is 0 Å². The zero-order valence-corrected chi connectivity index (χ0v) is 9.69. The number of anilines is 1. The highest BCUT2D eigenvalue weighted by atomic mass is 79.9. The molecule has 1 heterocycles. The first-order valence-corrected chi connectivity index (χ1v) is 5.92. The van der Waals surface area contributed by atoms with E-state index in [1.165, 1.54) is 11.3 Å². The van der Waals surface area contributed by atoms with E-state index in [0.717, 1.165) is 11.0 Å². The predicted octanol–water partition coefficient (Wildman–Crippen LogP) is 2.32. The molecule has 0 bridgehead atoms. The first kappa shape index (κ1) is 9.92. The Morgan fingerprint density at radius 2 is 2.43 bits per heavy atom. The number of thiazole rings is 1. The lowest BCUT2D eigenvalue weighted by Crippen LogP contribution is -2.52. The number of rotatable bonds is 3. The lowest BCUT2D eigenvalue weighted by Gasteiger charge is -2.38. The molecule has 0 radical (unpaired) electrons. The van der Waals surface area contributed by atoms with Gasteiger partial charge in [0.25, 0.3) is 0 Å². The quantitative estimate of drug-likeness (QED) is 0.890. The van der Waals surface area contributed by atoms with Gasteiger partial charge in [0.1, 0.15) is 10.1 Å². The molecule has 1 aliphatic carbocycles. The number of carboxylic acid groups (broad SMARTS) is 1. The Bertz CT molecular complexity index is 362. The van der Waals surface area contributed by atoms with Gasteiger partial charge in [0.05, 0.1) is 0 Å². The Hall–Kier alpha value is -0.620. The van der Waals surface area contributed by atoms with Crippen molar-refractivity contribution in [3.8, 4) is 0 Å². The molecule has 0 aromatic carbocycles. The highest BCUT2D eigenvalue weighted by Gasteiger charge is 2.44. The number of hydrogen-bond acceptors (Lipinski definition) is 4. The topological polar surface area (TPSA) is 62.2 Å². The molecule has 0 aliphatic heterocycles. The molecule has 1 saturated carbocycles. The summed E-state index contributed by atoms with van der Waals surface area (Å²) in [5.41, 5.74) is -0.767. The average Bonchev–Trinajstić information content (AvgIpc) is 2.43. The molecule has 2 rings (SSSR count). The van der Waals surface area contributed by atoms with E-state index in [1.807, 2.05) is 5.38 Å². The molecular formula is C8H9BrN2O2S. The number of hydrogen-bond donors (Lipinski definition) is 2. The highest BCUT2D eigenvalue weighted by molar-refractivity contribution is 9.10. The third kappa shape index (κ3) is 1.64. The van der Waals surface area contributed by atoms with Crippen LogP contribution in [0, 0.1) is 0 Å². The third-order valence-corrected chi connectivity index (χ3v) is 3.91. The van der Waals surface area contributed by atoms with Gasteiger partial charge in [-0.15, -0.1) is 11.3 Å². The van der Waals surface area contributed by atoms with E-state index < -0.39 is 11.5 Å². The standard InChI is InChI=1S/C8H9BrN2O2S/c9-5-4-14-7(10-5)11-8(6(12)13)2-1-3-8/h4H,1-3H2,(H,10,11)(H,12,13). The van der Waals surface area contributed by atoms with Gasteiger partial charge in [-0.3, -0.25) is 0 Å². The van der Waals surface area contributed by atoms with Gasteiger partial charge < -0.3 is 10.4 Å². The fourth-order valence-electron chi connectivity index (χ4n) is 1.44. The van der Waals surface area contributed by atoms with Crippen LogP contribution in [0.15, 0.2) is 9.98 Å². The molecule has 0 amide bonds. The van der Waals surface area contributed by atoms with E-state index in [4.69, 9.17) is 5.11 Å². The molecule has 0 atom stereocenters. The number of aliphatic carboxylic acids is 1. The SMILES string of the molecule is O=C(O)C1(Nc2nc(Br)cs2)CCC1. The van der Waals surface area contributed by atoms with Crippen molar-refractivity contribution in [2.45, 2.75) is 24.8 Å².